The average molecular weight is 287 g/mol. The second-order valence-electron chi connectivity index (χ2n) is 4.30. The minimum absolute atomic E-state index is 0.105. The Morgan fingerprint density at radius 3 is 3.00 bits per heavy atom. The Morgan fingerprint density at radius 1 is 1.35 bits per heavy atom. The van der Waals surface area contributed by atoms with E-state index in [9.17, 15) is 4.79 Å². The van der Waals surface area contributed by atoms with Crippen LogP contribution in [0.3, 0.4) is 0 Å². The van der Waals surface area contributed by atoms with Gasteiger partial charge in [-0.3, -0.25) is 4.79 Å². The lowest BCUT2D eigenvalue weighted by atomic mass is 10.2. The Bertz CT molecular complexity index is 576. The van der Waals surface area contributed by atoms with Crippen LogP contribution in [0.4, 0.5) is 0 Å². The van der Waals surface area contributed by atoms with Gasteiger partial charge in [0, 0.05) is 11.0 Å². The van der Waals surface area contributed by atoms with Crippen LogP contribution in [0.25, 0.3) is 6.08 Å². The fraction of sp³-hybridized carbons (Fsp3) is 0.188. The van der Waals surface area contributed by atoms with Crippen LogP contribution < -0.4 is 10.1 Å². The first kappa shape index (κ1) is 14.3. The molecule has 4 heteroatoms. The van der Waals surface area contributed by atoms with E-state index >= 15 is 0 Å². The fourth-order valence-corrected chi connectivity index (χ4v) is 2.27. The molecule has 0 saturated carbocycles. The van der Waals surface area contributed by atoms with E-state index in [1.54, 1.807) is 23.5 Å². The summed E-state index contributed by atoms with van der Waals surface area (Å²) in [6.45, 7) is 2.97. The van der Waals surface area contributed by atoms with E-state index in [1.807, 2.05) is 48.7 Å². The number of carbonyl (C=O) groups excluding carboxylic acids is 1. The van der Waals surface area contributed by atoms with Gasteiger partial charge in [0.15, 0.2) is 0 Å². The summed E-state index contributed by atoms with van der Waals surface area (Å²) in [7, 11) is 0. The second-order valence-corrected chi connectivity index (χ2v) is 5.28. The third-order valence-corrected chi connectivity index (χ3v) is 3.44. The van der Waals surface area contributed by atoms with Gasteiger partial charge in [-0.15, -0.1) is 11.3 Å². The van der Waals surface area contributed by atoms with Crippen LogP contribution >= 0.6 is 11.3 Å². The summed E-state index contributed by atoms with van der Waals surface area (Å²) in [4.78, 5) is 12.6. The van der Waals surface area contributed by atoms with Crippen molar-refractivity contribution in [2.75, 3.05) is 13.2 Å². The first-order chi connectivity index (χ1) is 9.74. The lowest BCUT2D eigenvalue weighted by Crippen LogP contribution is -2.26. The number of carbonyl (C=O) groups is 1. The number of hydrogen-bond donors (Lipinski definition) is 1. The zero-order valence-corrected chi connectivity index (χ0v) is 12.2. The number of rotatable bonds is 6. The van der Waals surface area contributed by atoms with E-state index in [0.717, 1.165) is 16.2 Å². The molecule has 20 heavy (non-hydrogen) atoms. The second kappa shape index (κ2) is 7.50. The predicted molar refractivity (Wildman–Crippen MR) is 83.0 cm³/mol. The van der Waals surface area contributed by atoms with Crippen LogP contribution in [0.1, 0.15) is 10.4 Å². The molecular formula is C16H17NO2S. The van der Waals surface area contributed by atoms with Crippen molar-refractivity contribution in [2.45, 2.75) is 6.92 Å². The SMILES string of the molecule is Cc1cccc(OCCNC(=O)/C=C/c2cccs2)c1. The van der Waals surface area contributed by atoms with Crippen molar-refractivity contribution in [3.63, 3.8) is 0 Å². The first-order valence-corrected chi connectivity index (χ1v) is 7.31. The van der Waals surface area contributed by atoms with Crippen LogP contribution in [0.2, 0.25) is 0 Å². The van der Waals surface area contributed by atoms with E-state index in [1.165, 1.54) is 0 Å². The highest BCUT2D eigenvalue weighted by Gasteiger charge is 1.97. The summed E-state index contributed by atoms with van der Waals surface area (Å²) in [5.41, 5.74) is 1.16. The number of nitrogens with one attached hydrogen (secondary N) is 1. The molecule has 1 aromatic heterocycles. The van der Waals surface area contributed by atoms with Crippen LogP contribution in [0.15, 0.2) is 47.9 Å². The fourth-order valence-electron chi connectivity index (χ4n) is 1.65. The van der Waals surface area contributed by atoms with E-state index in [2.05, 4.69) is 5.32 Å². The Kier molecular flexibility index (Phi) is 5.38. The highest BCUT2D eigenvalue weighted by molar-refractivity contribution is 7.10. The van der Waals surface area contributed by atoms with Gasteiger partial charge in [-0.25, -0.2) is 0 Å². The number of amides is 1. The van der Waals surface area contributed by atoms with Crippen LogP contribution in [0.5, 0.6) is 5.75 Å². The van der Waals surface area contributed by atoms with E-state index in [4.69, 9.17) is 4.74 Å². The molecule has 0 atom stereocenters. The molecule has 1 heterocycles. The van der Waals surface area contributed by atoms with Gasteiger partial charge in [0.05, 0.1) is 6.54 Å². The maximum absolute atomic E-state index is 11.6. The minimum Gasteiger partial charge on any atom is -0.492 e. The van der Waals surface area contributed by atoms with E-state index in [0.29, 0.717) is 13.2 Å². The molecule has 0 aliphatic rings. The lowest BCUT2D eigenvalue weighted by Gasteiger charge is -2.07. The molecule has 1 N–H and O–H groups in total. The Morgan fingerprint density at radius 2 is 2.25 bits per heavy atom. The standard InChI is InChI=1S/C16H17NO2S/c1-13-4-2-5-14(12-13)19-10-9-17-16(18)8-7-15-6-3-11-20-15/h2-8,11-12H,9-10H2,1H3,(H,17,18)/b8-7+. The molecule has 2 aromatic rings. The Balaban J connectivity index is 1.67. The molecule has 0 fully saturated rings. The molecule has 1 aromatic carbocycles. The number of thiophene rings is 1. The van der Waals surface area contributed by atoms with Gasteiger partial charge in [-0.1, -0.05) is 18.2 Å². The first-order valence-electron chi connectivity index (χ1n) is 6.43. The third-order valence-electron chi connectivity index (χ3n) is 2.60. The summed E-state index contributed by atoms with van der Waals surface area (Å²) in [5, 5.41) is 4.76. The number of ether oxygens (including phenoxy) is 1. The number of benzene rings is 1. The van der Waals surface area contributed by atoms with Crippen molar-refractivity contribution < 1.29 is 9.53 Å². The van der Waals surface area contributed by atoms with Crippen molar-refractivity contribution in [3.05, 3.63) is 58.3 Å². The van der Waals surface area contributed by atoms with Crippen molar-refractivity contribution >= 4 is 23.3 Å². The predicted octanol–water partition coefficient (Wildman–Crippen LogP) is 3.26. The van der Waals surface area contributed by atoms with Gasteiger partial charge in [-0.05, 0) is 42.1 Å². The van der Waals surface area contributed by atoms with Gasteiger partial charge in [0.25, 0.3) is 0 Å². The van der Waals surface area contributed by atoms with Gasteiger partial charge in [-0.2, -0.15) is 0 Å². The van der Waals surface area contributed by atoms with Gasteiger partial charge < -0.3 is 10.1 Å². The summed E-state index contributed by atoms with van der Waals surface area (Å²) in [5.74, 6) is 0.722. The molecule has 0 saturated heterocycles. The molecule has 0 radical (unpaired) electrons. The quantitative estimate of drug-likeness (QED) is 0.654. The molecule has 0 bridgehead atoms. The maximum Gasteiger partial charge on any atom is 0.244 e. The largest absolute Gasteiger partial charge is 0.492 e. The van der Waals surface area contributed by atoms with E-state index < -0.39 is 0 Å². The molecule has 104 valence electrons. The molecule has 0 unspecified atom stereocenters. The molecule has 1 amide bonds. The summed E-state index contributed by atoms with van der Waals surface area (Å²) < 4.78 is 5.55. The monoisotopic (exact) mass is 287 g/mol. The van der Waals surface area contributed by atoms with E-state index in [-0.39, 0.29) is 5.91 Å². The number of hydrogen-bond acceptors (Lipinski definition) is 3. The van der Waals surface area contributed by atoms with Crippen LogP contribution in [-0.2, 0) is 4.79 Å². The minimum atomic E-state index is -0.105. The normalized spacial score (nSPS) is 10.7. The lowest BCUT2D eigenvalue weighted by molar-refractivity contribution is -0.116. The van der Waals surface area contributed by atoms with Gasteiger partial charge in [0.1, 0.15) is 12.4 Å². The zero-order chi connectivity index (χ0) is 14.2. The molecule has 2 rings (SSSR count). The molecule has 0 spiro atoms. The van der Waals surface area contributed by atoms with Crippen molar-refractivity contribution in [3.8, 4) is 5.75 Å². The van der Waals surface area contributed by atoms with Crippen LogP contribution in [-0.4, -0.2) is 19.1 Å². The van der Waals surface area contributed by atoms with Crippen molar-refractivity contribution in [1.82, 2.24) is 5.32 Å². The summed E-state index contributed by atoms with van der Waals surface area (Å²) in [6, 6.07) is 11.8. The molecular weight excluding hydrogens is 270 g/mol. The van der Waals surface area contributed by atoms with Gasteiger partial charge in [0.2, 0.25) is 5.91 Å². The highest BCUT2D eigenvalue weighted by Crippen LogP contribution is 2.12. The summed E-state index contributed by atoms with van der Waals surface area (Å²) >= 11 is 1.60. The summed E-state index contributed by atoms with van der Waals surface area (Å²) in [6.07, 6.45) is 3.35. The highest BCUT2D eigenvalue weighted by atomic mass is 32.1. The topological polar surface area (TPSA) is 38.3 Å². The maximum atomic E-state index is 11.6. The van der Waals surface area contributed by atoms with Crippen molar-refractivity contribution in [2.24, 2.45) is 0 Å². The van der Waals surface area contributed by atoms with Gasteiger partial charge >= 0.3 is 0 Å². The molecule has 0 aliphatic heterocycles. The third kappa shape index (κ3) is 4.90. The van der Waals surface area contributed by atoms with Crippen molar-refractivity contribution in [1.29, 1.82) is 0 Å². The Hall–Kier alpha value is -2.07. The smallest absolute Gasteiger partial charge is 0.244 e. The molecule has 3 nitrogen and oxygen atoms in total. The Labute approximate surface area is 122 Å². The zero-order valence-electron chi connectivity index (χ0n) is 11.3. The average Bonchev–Trinajstić information content (AvgIpc) is 2.95. The number of aryl methyl sites for hydroxylation is 1. The molecule has 0 aliphatic carbocycles. The van der Waals surface area contributed by atoms with Crippen LogP contribution in [0, 0.1) is 6.92 Å².